The van der Waals surface area contributed by atoms with Crippen molar-refractivity contribution in [3.8, 4) is 0 Å². The first-order valence-corrected chi connectivity index (χ1v) is 7.78. The second-order valence-electron chi connectivity index (χ2n) is 4.42. The van der Waals surface area contributed by atoms with Crippen LogP contribution in [0.2, 0.25) is 0 Å². The van der Waals surface area contributed by atoms with Crippen LogP contribution in [0.5, 0.6) is 0 Å². The lowest BCUT2D eigenvalue weighted by atomic mass is 10.4. The second-order valence-corrected chi connectivity index (χ2v) is 6.38. The van der Waals surface area contributed by atoms with E-state index in [1.807, 2.05) is 35.0 Å². The molecular weight excluding hydrogens is 296 g/mol. The lowest BCUT2D eigenvalue weighted by molar-refractivity contribution is 0.0691. The molecule has 0 radical (unpaired) electrons. The third-order valence-electron chi connectivity index (χ3n) is 3.28. The maximum absolute atomic E-state index is 12.2. The highest BCUT2D eigenvalue weighted by Gasteiger charge is 2.51. The first-order valence-electron chi connectivity index (χ1n) is 6.02. The molecule has 4 heterocycles. The standard InChI is InChI=1S/C12H10N4O2S2/c17-11-13-9(7-3-1-5-19-7)15-12(18)14-10(16(11)15)8-4-2-6-20-8/h1-6,9-10H,(H,13,17)(H,14,18)/t9-,10+. The summed E-state index contributed by atoms with van der Waals surface area (Å²) in [5.41, 5.74) is 0. The van der Waals surface area contributed by atoms with Crippen LogP contribution >= 0.6 is 22.7 Å². The van der Waals surface area contributed by atoms with Crippen molar-refractivity contribution in [1.82, 2.24) is 20.7 Å². The lowest BCUT2D eigenvalue weighted by Crippen LogP contribution is -2.35. The smallest absolute Gasteiger partial charge is 0.310 e. The van der Waals surface area contributed by atoms with Gasteiger partial charge in [0.05, 0.1) is 0 Å². The minimum atomic E-state index is -0.424. The maximum Gasteiger partial charge on any atom is 0.340 e. The molecule has 0 saturated carbocycles. The molecule has 2 atom stereocenters. The molecule has 2 fully saturated rings. The molecule has 8 heteroatoms. The highest BCUT2D eigenvalue weighted by Crippen LogP contribution is 2.38. The van der Waals surface area contributed by atoms with Crippen LogP contribution in [0.4, 0.5) is 9.59 Å². The summed E-state index contributed by atoms with van der Waals surface area (Å²) in [7, 11) is 0. The number of carbonyl (C=O) groups is 2. The van der Waals surface area contributed by atoms with Gasteiger partial charge < -0.3 is 10.6 Å². The fourth-order valence-electron chi connectivity index (χ4n) is 2.44. The molecule has 0 aromatic carbocycles. The SMILES string of the molecule is O=C1N[C@@H](c2cccs2)N2C(=O)N[C@H](c3cccs3)N12. The quantitative estimate of drug-likeness (QED) is 0.895. The number of hydrazine groups is 1. The maximum atomic E-state index is 12.2. The van der Waals surface area contributed by atoms with E-state index in [1.54, 1.807) is 0 Å². The average Bonchev–Trinajstić information content (AvgIpc) is 3.17. The van der Waals surface area contributed by atoms with Crippen molar-refractivity contribution in [1.29, 1.82) is 0 Å². The molecule has 0 bridgehead atoms. The summed E-state index contributed by atoms with van der Waals surface area (Å²) in [6.07, 6.45) is -0.847. The normalized spacial score (nSPS) is 24.8. The highest BCUT2D eigenvalue weighted by molar-refractivity contribution is 7.10. The first kappa shape index (κ1) is 11.7. The molecule has 4 amide bonds. The van der Waals surface area contributed by atoms with Crippen molar-refractivity contribution >= 4 is 34.7 Å². The number of fused-ring (bicyclic) bond motifs is 1. The van der Waals surface area contributed by atoms with Crippen molar-refractivity contribution in [2.24, 2.45) is 0 Å². The number of carbonyl (C=O) groups excluding carboxylic acids is 2. The molecule has 0 unspecified atom stereocenters. The van der Waals surface area contributed by atoms with E-state index in [0.29, 0.717) is 0 Å². The zero-order valence-electron chi connectivity index (χ0n) is 10.1. The van der Waals surface area contributed by atoms with Gasteiger partial charge in [0.25, 0.3) is 0 Å². The van der Waals surface area contributed by atoms with Gasteiger partial charge in [-0.15, -0.1) is 22.7 Å². The third-order valence-corrected chi connectivity index (χ3v) is 5.13. The van der Waals surface area contributed by atoms with Crippen molar-refractivity contribution in [3.05, 3.63) is 44.8 Å². The Balaban J connectivity index is 1.73. The van der Waals surface area contributed by atoms with Crippen molar-refractivity contribution in [3.63, 3.8) is 0 Å². The number of thiophene rings is 2. The van der Waals surface area contributed by atoms with E-state index in [9.17, 15) is 9.59 Å². The Morgan fingerprint density at radius 3 is 1.65 bits per heavy atom. The summed E-state index contributed by atoms with van der Waals surface area (Å²) in [6, 6.07) is 7.09. The molecule has 6 nitrogen and oxygen atoms in total. The van der Waals surface area contributed by atoms with Gasteiger partial charge in [0.2, 0.25) is 0 Å². The molecule has 2 aromatic rings. The Labute approximate surface area is 122 Å². The van der Waals surface area contributed by atoms with E-state index in [1.165, 1.54) is 32.7 Å². The second kappa shape index (κ2) is 4.22. The molecule has 2 N–H and O–H groups in total. The predicted octanol–water partition coefficient (Wildman–Crippen LogP) is 2.47. The van der Waals surface area contributed by atoms with Gasteiger partial charge in [-0.1, -0.05) is 12.1 Å². The molecule has 2 aliphatic rings. The largest absolute Gasteiger partial charge is 0.340 e. The molecule has 4 rings (SSSR count). The van der Waals surface area contributed by atoms with Gasteiger partial charge in [-0.3, -0.25) is 0 Å². The number of amides is 4. The summed E-state index contributed by atoms with van der Waals surface area (Å²) >= 11 is 3.02. The molecule has 2 saturated heterocycles. The number of nitrogens with zero attached hydrogens (tertiary/aromatic N) is 2. The van der Waals surface area contributed by atoms with Crippen LogP contribution in [-0.4, -0.2) is 22.1 Å². The Morgan fingerprint density at radius 1 is 0.850 bits per heavy atom. The van der Waals surface area contributed by atoms with E-state index in [-0.39, 0.29) is 12.1 Å². The Morgan fingerprint density at radius 2 is 1.30 bits per heavy atom. The molecule has 0 aliphatic carbocycles. The highest BCUT2D eigenvalue weighted by atomic mass is 32.1. The fraction of sp³-hybridized carbons (Fsp3) is 0.167. The van der Waals surface area contributed by atoms with Crippen LogP contribution in [0.25, 0.3) is 0 Å². The Bertz CT molecular complexity index is 597. The van der Waals surface area contributed by atoms with Gasteiger partial charge in [-0.2, -0.15) is 0 Å². The van der Waals surface area contributed by atoms with Crippen molar-refractivity contribution < 1.29 is 9.59 Å². The van der Waals surface area contributed by atoms with Crippen LogP contribution in [0.1, 0.15) is 22.1 Å². The van der Waals surface area contributed by atoms with Gasteiger partial charge in [0.15, 0.2) is 12.3 Å². The zero-order valence-corrected chi connectivity index (χ0v) is 11.8. The Kier molecular flexibility index (Phi) is 2.48. The van der Waals surface area contributed by atoms with Gasteiger partial charge >= 0.3 is 12.1 Å². The molecule has 0 spiro atoms. The van der Waals surface area contributed by atoms with E-state index >= 15 is 0 Å². The topological polar surface area (TPSA) is 64.7 Å². The monoisotopic (exact) mass is 306 g/mol. The number of urea groups is 2. The van der Waals surface area contributed by atoms with Crippen LogP contribution in [0.15, 0.2) is 35.0 Å². The van der Waals surface area contributed by atoms with Gasteiger partial charge in [0, 0.05) is 9.75 Å². The van der Waals surface area contributed by atoms with Crippen molar-refractivity contribution in [2.75, 3.05) is 0 Å². The van der Waals surface area contributed by atoms with Crippen molar-refractivity contribution in [2.45, 2.75) is 12.3 Å². The number of rotatable bonds is 2. The summed E-state index contributed by atoms with van der Waals surface area (Å²) in [4.78, 5) is 26.3. The van der Waals surface area contributed by atoms with Gasteiger partial charge in [0.1, 0.15) is 0 Å². The number of hydrogen-bond acceptors (Lipinski definition) is 4. The van der Waals surface area contributed by atoms with E-state index in [0.717, 1.165) is 9.75 Å². The number of nitrogens with one attached hydrogen (secondary N) is 2. The lowest BCUT2D eigenvalue weighted by Gasteiger charge is -2.22. The fourth-order valence-corrected chi connectivity index (χ4v) is 3.96. The molecule has 2 aliphatic heterocycles. The average molecular weight is 306 g/mol. The summed E-state index contributed by atoms with van der Waals surface area (Å²) in [6.45, 7) is 0. The summed E-state index contributed by atoms with van der Waals surface area (Å²) < 4.78 is 0. The van der Waals surface area contributed by atoms with E-state index < -0.39 is 12.3 Å². The minimum Gasteiger partial charge on any atom is -0.310 e. The van der Waals surface area contributed by atoms with Crippen LogP contribution in [0.3, 0.4) is 0 Å². The summed E-state index contributed by atoms with van der Waals surface area (Å²) in [5.74, 6) is 0. The minimum absolute atomic E-state index is 0.264. The van der Waals surface area contributed by atoms with Gasteiger partial charge in [-0.05, 0) is 22.9 Å². The zero-order chi connectivity index (χ0) is 13.7. The van der Waals surface area contributed by atoms with Crippen LogP contribution in [0, 0.1) is 0 Å². The van der Waals surface area contributed by atoms with Crippen LogP contribution < -0.4 is 10.6 Å². The van der Waals surface area contributed by atoms with E-state index in [4.69, 9.17) is 0 Å². The van der Waals surface area contributed by atoms with Crippen LogP contribution in [-0.2, 0) is 0 Å². The predicted molar refractivity (Wildman–Crippen MR) is 74.9 cm³/mol. The molecule has 102 valence electrons. The van der Waals surface area contributed by atoms with Gasteiger partial charge in [-0.25, -0.2) is 19.6 Å². The molecule has 2 aromatic heterocycles. The summed E-state index contributed by atoms with van der Waals surface area (Å²) in [5, 5.41) is 12.5. The molecular formula is C12H10N4O2S2. The first-order chi connectivity index (χ1) is 9.75. The van der Waals surface area contributed by atoms with E-state index in [2.05, 4.69) is 10.6 Å². The number of hydrogen-bond donors (Lipinski definition) is 2. The molecule has 20 heavy (non-hydrogen) atoms. The Hall–Kier alpha value is -2.06. The third kappa shape index (κ3) is 1.55.